The quantitative estimate of drug-likeness (QED) is 0.745. The maximum Gasteiger partial charge on any atom is 0.322 e. The molecular formula is C20H20N4O2. The highest BCUT2D eigenvalue weighted by Gasteiger charge is 2.39. The van der Waals surface area contributed by atoms with Crippen LogP contribution in [0.2, 0.25) is 0 Å². The molecule has 2 amide bonds. The van der Waals surface area contributed by atoms with Crippen LogP contribution in [0.15, 0.2) is 52.9 Å². The number of urea groups is 1. The van der Waals surface area contributed by atoms with Gasteiger partial charge in [0.15, 0.2) is 5.58 Å². The molecule has 26 heavy (non-hydrogen) atoms. The molecule has 2 atom stereocenters. The third-order valence-corrected chi connectivity index (χ3v) is 5.38. The second-order valence-electron chi connectivity index (χ2n) is 6.96. The summed E-state index contributed by atoms with van der Waals surface area (Å²) in [6.45, 7) is 2.76. The number of likely N-dealkylation sites (tertiary alicyclic amines) is 1. The molecule has 2 aliphatic heterocycles. The number of carbonyl (C=O) groups excluding carboxylic acids is 1. The van der Waals surface area contributed by atoms with E-state index < -0.39 is 0 Å². The van der Waals surface area contributed by atoms with Gasteiger partial charge < -0.3 is 20.0 Å². The highest BCUT2D eigenvalue weighted by molar-refractivity contribution is 5.90. The van der Waals surface area contributed by atoms with Crippen LogP contribution in [0.3, 0.4) is 0 Å². The predicted molar refractivity (Wildman–Crippen MR) is 99.9 cm³/mol. The van der Waals surface area contributed by atoms with Gasteiger partial charge in [0.05, 0.1) is 0 Å². The van der Waals surface area contributed by atoms with Crippen LogP contribution in [0.4, 0.5) is 10.5 Å². The molecule has 2 N–H and O–H groups in total. The van der Waals surface area contributed by atoms with Gasteiger partial charge in [-0.05, 0) is 48.7 Å². The normalized spacial score (nSPS) is 21.9. The highest BCUT2D eigenvalue weighted by atomic mass is 16.3. The molecule has 0 aliphatic carbocycles. The molecule has 1 aromatic heterocycles. The predicted octanol–water partition coefficient (Wildman–Crippen LogP) is 3.32. The molecule has 2 aliphatic rings. The summed E-state index contributed by atoms with van der Waals surface area (Å²) in [5, 5.41) is 6.38. The van der Waals surface area contributed by atoms with Crippen molar-refractivity contribution in [2.45, 2.75) is 12.5 Å². The zero-order valence-corrected chi connectivity index (χ0v) is 14.3. The zero-order valence-electron chi connectivity index (χ0n) is 14.3. The number of anilines is 1. The Balaban J connectivity index is 1.31. The minimum Gasteiger partial charge on any atom is -0.436 e. The number of hydrogen-bond acceptors (Lipinski definition) is 4. The van der Waals surface area contributed by atoms with E-state index in [2.05, 4.69) is 15.6 Å². The Morgan fingerprint density at radius 3 is 2.85 bits per heavy atom. The van der Waals surface area contributed by atoms with E-state index in [4.69, 9.17) is 4.42 Å². The molecule has 3 aromatic rings. The third-order valence-electron chi connectivity index (χ3n) is 5.38. The average molecular weight is 348 g/mol. The molecule has 6 nitrogen and oxygen atoms in total. The standard InChI is InChI=1S/C20H20N4O2/c25-20(24-10-9-14-11-21-12-17(14)24)22-15-7-5-13(6-8-15)19-23-16-3-1-2-4-18(16)26-19/h1-8,14,17,21H,9-12H2,(H,22,25)/t14-,17+/m0/s1. The summed E-state index contributed by atoms with van der Waals surface area (Å²) in [6.07, 6.45) is 1.09. The molecule has 0 spiro atoms. The fraction of sp³-hybridized carbons (Fsp3) is 0.300. The van der Waals surface area contributed by atoms with Crippen molar-refractivity contribution in [3.63, 3.8) is 0 Å². The number of fused-ring (bicyclic) bond motifs is 2. The lowest BCUT2D eigenvalue weighted by Gasteiger charge is -2.23. The monoisotopic (exact) mass is 348 g/mol. The molecule has 3 heterocycles. The Kier molecular flexibility index (Phi) is 3.64. The van der Waals surface area contributed by atoms with Crippen molar-refractivity contribution in [2.75, 3.05) is 25.0 Å². The van der Waals surface area contributed by atoms with Gasteiger partial charge >= 0.3 is 6.03 Å². The van der Waals surface area contributed by atoms with Crippen molar-refractivity contribution < 1.29 is 9.21 Å². The maximum atomic E-state index is 12.6. The minimum absolute atomic E-state index is 0.0178. The SMILES string of the molecule is O=C(Nc1ccc(-c2nc3ccccc3o2)cc1)N1CC[C@H]2CNC[C@H]21. The van der Waals surface area contributed by atoms with Crippen LogP contribution in [-0.2, 0) is 0 Å². The van der Waals surface area contributed by atoms with Crippen LogP contribution in [0.1, 0.15) is 6.42 Å². The van der Waals surface area contributed by atoms with E-state index in [-0.39, 0.29) is 6.03 Å². The summed E-state index contributed by atoms with van der Waals surface area (Å²) in [7, 11) is 0. The van der Waals surface area contributed by atoms with Crippen LogP contribution >= 0.6 is 0 Å². The van der Waals surface area contributed by atoms with Gasteiger partial charge in [0.2, 0.25) is 5.89 Å². The summed E-state index contributed by atoms with van der Waals surface area (Å²) in [5.41, 5.74) is 3.28. The van der Waals surface area contributed by atoms with Crippen molar-refractivity contribution in [1.82, 2.24) is 15.2 Å². The molecule has 0 unspecified atom stereocenters. The lowest BCUT2D eigenvalue weighted by atomic mass is 10.1. The largest absolute Gasteiger partial charge is 0.436 e. The molecule has 5 rings (SSSR count). The average Bonchev–Trinajstić information content (AvgIpc) is 3.37. The summed E-state index contributed by atoms with van der Waals surface area (Å²) in [4.78, 5) is 19.0. The number of para-hydroxylation sites is 2. The zero-order chi connectivity index (χ0) is 17.5. The molecule has 6 heteroatoms. The fourth-order valence-corrected chi connectivity index (χ4v) is 3.99. The number of aromatic nitrogens is 1. The summed E-state index contributed by atoms with van der Waals surface area (Å²) in [5.74, 6) is 1.19. The van der Waals surface area contributed by atoms with Crippen molar-refractivity contribution >= 4 is 22.8 Å². The molecular weight excluding hydrogens is 328 g/mol. The molecule has 0 saturated carbocycles. The number of nitrogens with zero attached hydrogens (tertiary/aromatic N) is 2. The Bertz CT molecular complexity index is 917. The smallest absolute Gasteiger partial charge is 0.322 e. The van der Waals surface area contributed by atoms with Crippen molar-refractivity contribution in [3.8, 4) is 11.5 Å². The lowest BCUT2D eigenvalue weighted by molar-refractivity contribution is 0.206. The van der Waals surface area contributed by atoms with E-state index in [0.717, 1.165) is 48.4 Å². The first-order valence-electron chi connectivity index (χ1n) is 9.02. The summed E-state index contributed by atoms with van der Waals surface area (Å²) >= 11 is 0. The Morgan fingerprint density at radius 1 is 1.15 bits per heavy atom. The topological polar surface area (TPSA) is 70.4 Å². The van der Waals surface area contributed by atoms with Gasteiger partial charge in [0, 0.05) is 36.9 Å². The summed E-state index contributed by atoms with van der Waals surface area (Å²) in [6, 6.07) is 15.6. The fourth-order valence-electron chi connectivity index (χ4n) is 3.99. The van der Waals surface area contributed by atoms with E-state index >= 15 is 0 Å². The molecule has 2 fully saturated rings. The number of hydrogen-bond donors (Lipinski definition) is 2. The molecule has 2 aromatic carbocycles. The Morgan fingerprint density at radius 2 is 2.00 bits per heavy atom. The van der Waals surface area contributed by atoms with Crippen LogP contribution in [-0.4, -0.2) is 41.6 Å². The number of rotatable bonds is 2. The van der Waals surface area contributed by atoms with Crippen LogP contribution in [0.5, 0.6) is 0 Å². The maximum absolute atomic E-state index is 12.6. The second kappa shape index (κ2) is 6.14. The van der Waals surface area contributed by atoms with Gasteiger partial charge in [-0.25, -0.2) is 9.78 Å². The van der Waals surface area contributed by atoms with E-state index in [1.165, 1.54) is 0 Å². The first kappa shape index (κ1) is 15.4. The molecule has 0 radical (unpaired) electrons. The van der Waals surface area contributed by atoms with Gasteiger partial charge in [0.25, 0.3) is 0 Å². The second-order valence-corrected chi connectivity index (χ2v) is 6.96. The highest BCUT2D eigenvalue weighted by Crippen LogP contribution is 2.28. The number of amides is 2. The number of benzene rings is 2. The van der Waals surface area contributed by atoms with Gasteiger partial charge in [-0.1, -0.05) is 12.1 Å². The van der Waals surface area contributed by atoms with Crippen molar-refractivity contribution in [2.24, 2.45) is 5.92 Å². The lowest BCUT2D eigenvalue weighted by Crippen LogP contribution is -2.41. The summed E-state index contributed by atoms with van der Waals surface area (Å²) < 4.78 is 5.79. The molecule has 2 saturated heterocycles. The molecule has 0 bridgehead atoms. The van der Waals surface area contributed by atoms with Crippen LogP contribution < -0.4 is 10.6 Å². The third kappa shape index (κ3) is 2.63. The van der Waals surface area contributed by atoms with Crippen LogP contribution in [0, 0.1) is 5.92 Å². The van der Waals surface area contributed by atoms with Gasteiger partial charge in [-0.3, -0.25) is 0 Å². The number of oxazole rings is 1. The van der Waals surface area contributed by atoms with Crippen molar-refractivity contribution in [1.29, 1.82) is 0 Å². The first-order chi connectivity index (χ1) is 12.8. The van der Waals surface area contributed by atoms with Crippen molar-refractivity contribution in [3.05, 3.63) is 48.5 Å². The number of carbonyl (C=O) groups is 1. The van der Waals surface area contributed by atoms with Gasteiger partial charge in [0.1, 0.15) is 5.52 Å². The molecule has 132 valence electrons. The van der Waals surface area contributed by atoms with Crippen LogP contribution in [0.25, 0.3) is 22.6 Å². The minimum atomic E-state index is -0.0178. The van der Waals surface area contributed by atoms with Gasteiger partial charge in [-0.2, -0.15) is 0 Å². The van der Waals surface area contributed by atoms with E-state index in [9.17, 15) is 4.79 Å². The van der Waals surface area contributed by atoms with E-state index in [1.807, 2.05) is 53.4 Å². The number of nitrogens with one attached hydrogen (secondary N) is 2. The van der Waals surface area contributed by atoms with Gasteiger partial charge in [-0.15, -0.1) is 0 Å². The van der Waals surface area contributed by atoms with E-state index in [1.54, 1.807) is 0 Å². The van der Waals surface area contributed by atoms with E-state index in [0.29, 0.717) is 17.9 Å². The Labute approximate surface area is 151 Å². The Hall–Kier alpha value is -2.86. The first-order valence-corrected chi connectivity index (χ1v) is 9.02.